The molecule has 6 heteroatoms. The predicted octanol–water partition coefficient (Wildman–Crippen LogP) is 3.30. The second-order valence-electron chi connectivity index (χ2n) is 7.44. The lowest BCUT2D eigenvalue weighted by Crippen LogP contribution is -2.56. The van der Waals surface area contributed by atoms with Gasteiger partial charge in [-0.25, -0.2) is 4.79 Å². The van der Waals surface area contributed by atoms with Crippen LogP contribution >= 0.6 is 0 Å². The molecule has 0 N–H and O–H groups in total. The zero-order valence-corrected chi connectivity index (χ0v) is 16.1. The Morgan fingerprint density at radius 2 is 1.93 bits per heavy atom. The summed E-state index contributed by atoms with van der Waals surface area (Å²) in [6.45, 7) is 3.90. The molecule has 146 valence electrons. The van der Waals surface area contributed by atoms with Crippen molar-refractivity contribution in [3.8, 4) is 0 Å². The largest absolute Gasteiger partial charge is 0.465 e. The van der Waals surface area contributed by atoms with E-state index in [4.69, 9.17) is 18.9 Å². The summed E-state index contributed by atoms with van der Waals surface area (Å²) in [5, 5.41) is 0. The minimum absolute atomic E-state index is 0.187. The molecular formula is C21H26O6. The number of hydrogen-bond donors (Lipinski definition) is 0. The molecule has 2 bridgehead atoms. The third-order valence-electron chi connectivity index (χ3n) is 5.10. The number of fused-ring (bicyclic) bond motifs is 2. The van der Waals surface area contributed by atoms with E-state index in [2.05, 4.69) is 0 Å². The van der Waals surface area contributed by atoms with Gasteiger partial charge < -0.3 is 18.9 Å². The molecule has 0 radical (unpaired) electrons. The monoisotopic (exact) mass is 374 g/mol. The fourth-order valence-electron chi connectivity index (χ4n) is 4.05. The van der Waals surface area contributed by atoms with Gasteiger partial charge in [0.25, 0.3) is 0 Å². The summed E-state index contributed by atoms with van der Waals surface area (Å²) >= 11 is 0. The molecule has 3 rings (SSSR count). The van der Waals surface area contributed by atoms with Crippen LogP contribution in [0.5, 0.6) is 0 Å². The lowest BCUT2D eigenvalue weighted by atomic mass is 9.75. The van der Waals surface area contributed by atoms with Crippen LogP contribution < -0.4 is 0 Å². The van der Waals surface area contributed by atoms with E-state index < -0.39 is 23.1 Å². The Bertz CT molecular complexity index is 740. The topological polar surface area (TPSA) is 71.1 Å². The van der Waals surface area contributed by atoms with Crippen molar-refractivity contribution in [3.05, 3.63) is 47.2 Å². The van der Waals surface area contributed by atoms with Crippen LogP contribution in [0, 0.1) is 0 Å². The normalized spacial score (nSPS) is 27.2. The molecule has 0 unspecified atom stereocenters. The van der Waals surface area contributed by atoms with Crippen molar-refractivity contribution in [2.24, 2.45) is 0 Å². The summed E-state index contributed by atoms with van der Waals surface area (Å²) < 4.78 is 22.8. The molecule has 1 saturated heterocycles. The summed E-state index contributed by atoms with van der Waals surface area (Å²) in [5.41, 5.74) is -0.174. The van der Waals surface area contributed by atoms with Crippen LogP contribution in [0.3, 0.4) is 0 Å². The average molecular weight is 374 g/mol. The van der Waals surface area contributed by atoms with Crippen molar-refractivity contribution in [2.45, 2.75) is 57.3 Å². The molecule has 1 aromatic carbocycles. The third-order valence-corrected chi connectivity index (χ3v) is 5.10. The fraction of sp³-hybridized carbons (Fsp3) is 0.524. The molecule has 6 nitrogen and oxygen atoms in total. The molecule has 2 heterocycles. The maximum Gasteiger partial charge on any atom is 0.340 e. The van der Waals surface area contributed by atoms with Gasteiger partial charge >= 0.3 is 11.9 Å². The smallest absolute Gasteiger partial charge is 0.340 e. The quantitative estimate of drug-likeness (QED) is 0.712. The second-order valence-corrected chi connectivity index (χ2v) is 7.44. The molecule has 1 fully saturated rings. The van der Waals surface area contributed by atoms with Crippen molar-refractivity contribution < 1.29 is 28.5 Å². The number of carbonyl (C=O) groups is 2. The van der Waals surface area contributed by atoms with Crippen molar-refractivity contribution in [1.82, 2.24) is 0 Å². The number of hydrogen-bond acceptors (Lipinski definition) is 6. The second kappa shape index (κ2) is 7.82. The van der Waals surface area contributed by atoms with Crippen molar-refractivity contribution in [3.63, 3.8) is 0 Å². The van der Waals surface area contributed by atoms with Gasteiger partial charge in [-0.05, 0) is 31.7 Å². The highest BCUT2D eigenvalue weighted by molar-refractivity contribution is 5.92. The lowest BCUT2D eigenvalue weighted by Gasteiger charge is -2.51. The van der Waals surface area contributed by atoms with Gasteiger partial charge in [0.2, 0.25) is 0 Å². The van der Waals surface area contributed by atoms with E-state index in [1.807, 2.05) is 37.3 Å². The predicted molar refractivity (Wildman–Crippen MR) is 97.6 cm³/mol. The summed E-state index contributed by atoms with van der Waals surface area (Å²) in [7, 11) is 1.32. The Morgan fingerprint density at radius 3 is 2.59 bits per heavy atom. The lowest BCUT2D eigenvalue weighted by molar-refractivity contribution is -0.207. The Balaban J connectivity index is 1.91. The van der Waals surface area contributed by atoms with Crippen LogP contribution in [0.4, 0.5) is 0 Å². The van der Waals surface area contributed by atoms with Crippen LogP contribution in [0.2, 0.25) is 0 Å². The first-order valence-electron chi connectivity index (χ1n) is 9.20. The fourth-order valence-corrected chi connectivity index (χ4v) is 4.05. The minimum atomic E-state index is -0.974. The summed E-state index contributed by atoms with van der Waals surface area (Å²) in [4.78, 5) is 24.2. The highest BCUT2D eigenvalue weighted by atomic mass is 16.6. The molecule has 0 saturated carbocycles. The van der Waals surface area contributed by atoms with E-state index in [1.165, 1.54) is 14.0 Å². The molecule has 0 aromatic heterocycles. The molecule has 0 aliphatic carbocycles. The zero-order chi connectivity index (χ0) is 19.5. The van der Waals surface area contributed by atoms with E-state index >= 15 is 0 Å². The Morgan fingerprint density at radius 1 is 1.19 bits per heavy atom. The maximum atomic E-state index is 12.6. The number of carbonyl (C=O) groups excluding carboxylic acids is 2. The van der Waals surface area contributed by atoms with Crippen molar-refractivity contribution in [2.75, 3.05) is 13.7 Å². The van der Waals surface area contributed by atoms with Gasteiger partial charge in [-0.1, -0.05) is 30.3 Å². The van der Waals surface area contributed by atoms with Crippen molar-refractivity contribution in [1.29, 1.82) is 0 Å². The minimum Gasteiger partial charge on any atom is -0.465 e. The molecular weight excluding hydrogens is 348 g/mol. The van der Waals surface area contributed by atoms with Gasteiger partial charge in [-0.3, -0.25) is 4.79 Å². The van der Waals surface area contributed by atoms with Gasteiger partial charge in [0.05, 0.1) is 25.9 Å². The van der Waals surface area contributed by atoms with Crippen LogP contribution in [-0.4, -0.2) is 36.9 Å². The average Bonchev–Trinajstić information content (AvgIpc) is 2.61. The number of esters is 2. The maximum absolute atomic E-state index is 12.6. The summed E-state index contributed by atoms with van der Waals surface area (Å²) in [5.74, 6) is -0.667. The van der Waals surface area contributed by atoms with Crippen LogP contribution in [0.25, 0.3) is 0 Å². The molecule has 0 amide bonds. The highest BCUT2D eigenvalue weighted by Crippen LogP contribution is 2.49. The Hall–Kier alpha value is -2.18. The Labute approximate surface area is 159 Å². The van der Waals surface area contributed by atoms with Crippen LogP contribution in [0.15, 0.2) is 41.7 Å². The number of benzene rings is 1. The van der Waals surface area contributed by atoms with E-state index in [0.717, 1.165) is 18.4 Å². The molecule has 1 aromatic rings. The molecule has 2 atom stereocenters. The van der Waals surface area contributed by atoms with Crippen LogP contribution in [0.1, 0.15) is 45.1 Å². The third kappa shape index (κ3) is 4.22. The first kappa shape index (κ1) is 19.6. The Kier molecular flexibility index (Phi) is 5.67. The number of methoxy groups -OCH3 is 1. The van der Waals surface area contributed by atoms with Gasteiger partial charge in [-0.2, -0.15) is 0 Å². The SMILES string of the molecule is COC(=O)C1=C(OC(C)=O)C[C@@]2(C)CCC[C@]1(COCc1ccccc1)O2. The van der Waals surface area contributed by atoms with Crippen molar-refractivity contribution >= 4 is 11.9 Å². The first-order chi connectivity index (χ1) is 12.9. The van der Waals surface area contributed by atoms with E-state index in [0.29, 0.717) is 25.2 Å². The molecule has 0 spiro atoms. The number of rotatable bonds is 6. The van der Waals surface area contributed by atoms with Gasteiger partial charge in [0, 0.05) is 13.3 Å². The van der Waals surface area contributed by atoms with E-state index in [1.54, 1.807) is 0 Å². The summed E-state index contributed by atoms with van der Waals surface area (Å²) in [6.07, 6.45) is 2.68. The van der Waals surface area contributed by atoms with Gasteiger partial charge in [0.15, 0.2) is 0 Å². The molecule has 2 aliphatic heterocycles. The number of ether oxygens (including phenoxy) is 4. The first-order valence-corrected chi connectivity index (χ1v) is 9.20. The van der Waals surface area contributed by atoms with Gasteiger partial charge in [-0.15, -0.1) is 0 Å². The molecule has 2 aliphatic rings. The van der Waals surface area contributed by atoms with E-state index in [-0.39, 0.29) is 12.2 Å². The van der Waals surface area contributed by atoms with E-state index in [9.17, 15) is 9.59 Å². The zero-order valence-electron chi connectivity index (χ0n) is 16.1. The molecule has 27 heavy (non-hydrogen) atoms. The van der Waals surface area contributed by atoms with Crippen LogP contribution in [-0.2, 0) is 35.1 Å². The van der Waals surface area contributed by atoms with Gasteiger partial charge in [0.1, 0.15) is 16.9 Å². The summed E-state index contributed by atoms with van der Waals surface area (Å²) in [6, 6.07) is 9.80. The highest BCUT2D eigenvalue weighted by Gasteiger charge is 2.54. The standard InChI is InChI=1S/C21H26O6/c1-15(22)26-17-12-20(2)10-7-11-21(27-20,18(17)19(23)24-3)14-25-13-16-8-5-4-6-9-16/h4-6,8-9H,7,10-14H2,1-3H3/t20-,21-/m1/s1.